The fraction of sp³-hybridized carbons (Fsp3) is 0.450. The van der Waals surface area contributed by atoms with Crippen molar-refractivity contribution in [2.24, 2.45) is 5.92 Å². The minimum Gasteiger partial charge on any atom is -0.459 e. The van der Waals surface area contributed by atoms with E-state index in [9.17, 15) is 9.90 Å². The number of ether oxygens (including phenoxy) is 2. The molecule has 0 saturated heterocycles. The Bertz CT molecular complexity index is 785. The number of allylic oxidation sites excluding steroid dienone is 1. The van der Waals surface area contributed by atoms with Crippen molar-refractivity contribution in [2.45, 2.75) is 32.0 Å². The molecule has 0 saturated carbocycles. The van der Waals surface area contributed by atoms with Crippen molar-refractivity contribution in [3.8, 4) is 0 Å². The number of nitrogens with one attached hydrogen (secondary N) is 1. The van der Waals surface area contributed by atoms with Crippen LogP contribution in [0, 0.1) is 5.92 Å². The largest absolute Gasteiger partial charge is 0.459 e. The second-order valence-corrected chi connectivity index (χ2v) is 7.21. The van der Waals surface area contributed by atoms with Gasteiger partial charge in [0.1, 0.15) is 0 Å². The Balaban J connectivity index is 2.06. The quantitative estimate of drug-likeness (QED) is 0.778. The van der Waals surface area contributed by atoms with Gasteiger partial charge in [-0.1, -0.05) is 18.2 Å². The molecule has 3 rings (SSSR count). The first-order valence-corrected chi connectivity index (χ1v) is 9.86. The van der Waals surface area contributed by atoms with Crippen LogP contribution < -0.4 is 5.32 Å². The number of likely N-dealkylation sites (N-methyl/N-ethyl adjacent to an activating group) is 1. The number of aliphatic hydroxyl groups is 1. The molecule has 26 heavy (non-hydrogen) atoms. The fourth-order valence-electron chi connectivity index (χ4n) is 3.50. The van der Waals surface area contributed by atoms with Crippen molar-refractivity contribution in [3.63, 3.8) is 0 Å². The zero-order chi connectivity index (χ0) is 18.5. The summed E-state index contributed by atoms with van der Waals surface area (Å²) in [7, 11) is 1.59. The van der Waals surface area contributed by atoms with Crippen LogP contribution in [0.15, 0.2) is 41.5 Å². The van der Waals surface area contributed by atoms with Gasteiger partial charge in [-0.05, 0) is 48.2 Å². The summed E-state index contributed by atoms with van der Waals surface area (Å²) in [5.74, 6) is 0.0788. The minimum absolute atomic E-state index is 0.00435. The third-order valence-corrected chi connectivity index (χ3v) is 5.71. The lowest BCUT2D eigenvalue weighted by molar-refractivity contribution is -0.166. The number of rotatable bonds is 7. The van der Waals surface area contributed by atoms with Crippen LogP contribution in [-0.4, -0.2) is 37.6 Å². The second kappa shape index (κ2) is 8.66. The number of carbonyl (C=O) groups excluding carboxylic acids is 1. The average Bonchev–Trinajstić information content (AvgIpc) is 3.10. The van der Waals surface area contributed by atoms with E-state index >= 15 is 0 Å². The van der Waals surface area contributed by atoms with Gasteiger partial charge in [0.15, 0.2) is 5.76 Å². The van der Waals surface area contributed by atoms with Crippen molar-refractivity contribution < 1.29 is 19.4 Å². The Labute approximate surface area is 157 Å². The van der Waals surface area contributed by atoms with Crippen LogP contribution in [0.2, 0.25) is 0 Å². The Kier molecular flexibility index (Phi) is 6.29. The topological polar surface area (TPSA) is 67.8 Å². The Morgan fingerprint density at radius 1 is 1.38 bits per heavy atom. The predicted molar refractivity (Wildman–Crippen MR) is 103 cm³/mol. The summed E-state index contributed by atoms with van der Waals surface area (Å²) in [6.45, 7) is 2.54. The molecule has 5 nitrogen and oxygen atoms in total. The minimum atomic E-state index is -0.507. The van der Waals surface area contributed by atoms with Gasteiger partial charge in [-0.3, -0.25) is 4.79 Å². The van der Waals surface area contributed by atoms with Crippen molar-refractivity contribution in [3.05, 3.63) is 47.0 Å². The molecule has 0 radical (unpaired) electrons. The molecule has 1 aromatic heterocycles. The standard InChI is InChI=1S/C20H25NO4S/c1-3-24-20-14(8-6-10-22)15(11-17(25-20)19(23)21-2)16-12-26-18-9-5-4-7-13(16)18/h4-5,7,9,11-12,14-15,20,22H,3,6,8,10H2,1-2H3,(H,21,23)/t14-,15-,20+/m1/s1. The van der Waals surface area contributed by atoms with E-state index < -0.39 is 6.29 Å². The van der Waals surface area contributed by atoms with Crippen LogP contribution in [0.5, 0.6) is 0 Å². The van der Waals surface area contributed by atoms with E-state index in [0.29, 0.717) is 18.8 Å². The Hall–Kier alpha value is -1.89. The molecule has 1 aliphatic heterocycles. The van der Waals surface area contributed by atoms with E-state index in [4.69, 9.17) is 9.47 Å². The van der Waals surface area contributed by atoms with Gasteiger partial charge in [-0.25, -0.2) is 0 Å². The Morgan fingerprint density at radius 3 is 2.92 bits per heavy atom. The Morgan fingerprint density at radius 2 is 2.19 bits per heavy atom. The lowest BCUT2D eigenvalue weighted by atomic mass is 9.80. The normalized spacial score (nSPS) is 22.7. The molecule has 6 heteroatoms. The summed E-state index contributed by atoms with van der Waals surface area (Å²) in [5.41, 5.74) is 1.18. The maximum absolute atomic E-state index is 12.2. The molecule has 0 spiro atoms. The van der Waals surface area contributed by atoms with Gasteiger partial charge in [0.25, 0.3) is 5.91 Å². The number of carbonyl (C=O) groups is 1. The molecule has 0 bridgehead atoms. The van der Waals surface area contributed by atoms with Gasteiger partial charge in [0.05, 0.1) is 0 Å². The molecule has 0 aliphatic carbocycles. The summed E-state index contributed by atoms with van der Waals surface area (Å²) in [5, 5.41) is 15.3. The average molecular weight is 375 g/mol. The number of thiophene rings is 1. The van der Waals surface area contributed by atoms with Crippen molar-refractivity contribution in [1.29, 1.82) is 0 Å². The lowest BCUT2D eigenvalue weighted by Gasteiger charge is -2.36. The lowest BCUT2D eigenvalue weighted by Crippen LogP contribution is -2.38. The summed E-state index contributed by atoms with van der Waals surface area (Å²) in [6.07, 6.45) is 2.82. The molecule has 1 aromatic carbocycles. The van der Waals surface area contributed by atoms with Gasteiger partial charge >= 0.3 is 0 Å². The van der Waals surface area contributed by atoms with E-state index in [-0.39, 0.29) is 24.3 Å². The van der Waals surface area contributed by atoms with Crippen LogP contribution in [0.3, 0.4) is 0 Å². The molecule has 1 amide bonds. The monoisotopic (exact) mass is 375 g/mol. The number of aliphatic hydroxyl groups excluding tert-OH is 1. The number of fused-ring (bicyclic) bond motifs is 1. The zero-order valence-electron chi connectivity index (χ0n) is 15.1. The maximum Gasteiger partial charge on any atom is 0.285 e. The highest BCUT2D eigenvalue weighted by molar-refractivity contribution is 7.17. The van der Waals surface area contributed by atoms with Gasteiger partial charge < -0.3 is 19.9 Å². The first-order valence-electron chi connectivity index (χ1n) is 8.98. The van der Waals surface area contributed by atoms with Crippen molar-refractivity contribution in [2.75, 3.05) is 20.3 Å². The second-order valence-electron chi connectivity index (χ2n) is 6.29. The highest BCUT2D eigenvalue weighted by Crippen LogP contribution is 2.43. The maximum atomic E-state index is 12.2. The van der Waals surface area contributed by atoms with E-state index in [1.807, 2.05) is 25.1 Å². The fourth-order valence-corrected chi connectivity index (χ4v) is 4.51. The van der Waals surface area contributed by atoms with Crippen molar-refractivity contribution >= 4 is 27.3 Å². The smallest absolute Gasteiger partial charge is 0.285 e. The predicted octanol–water partition coefficient (Wildman–Crippen LogP) is 3.40. The number of amides is 1. The van der Waals surface area contributed by atoms with Gasteiger partial charge in [0.2, 0.25) is 6.29 Å². The van der Waals surface area contributed by atoms with E-state index in [1.54, 1.807) is 18.4 Å². The first-order chi connectivity index (χ1) is 12.7. The summed E-state index contributed by atoms with van der Waals surface area (Å²) >= 11 is 1.70. The molecular weight excluding hydrogens is 350 g/mol. The summed E-state index contributed by atoms with van der Waals surface area (Å²) in [4.78, 5) is 12.2. The molecule has 0 unspecified atom stereocenters. The zero-order valence-corrected chi connectivity index (χ0v) is 15.9. The molecule has 2 aromatic rings. The van der Waals surface area contributed by atoms with E-state index in [2.05, 4.69) is 22.8 Å². The van der Waals surface area contributed by atoms with Crippen LogP contribution in [0.1, 0.15) is 31.2 Å². The molecule has 140 valence electrons. The molecular formula is C20H25NO4S. The highest BCUT2D eigenvalue weighted by atomic mass is 32.1. The third-order valence-electron chi connectivity index (χ3n) is 4.73. The van der Waals surface area contributed by atoms with Crippen LogP contribution >= 0.6 is 11.3 Å². The number of hydrogen-bond acceptors (Lipinski definition) is 5. The summed E-state index contributed by atoms with van der Waals surface area (Å²) < 4.78 is 12.9. The molecule has 2 N–H and O–H groups in total. The highest BCUT2D eigenvalue weighted by Gasteiger charge is 2.38. The van der Waals surface area contributed by atoms with E-state index in [1.165, 1.54) is 15.6 Å². The van der Waals surface area contributed by atoms with Gasteiger partial charge in [0, 0.05) is 36.8 Å². The van der Waals surface area contributed by atoms with Crippen LogP contribution in [0.25, 0.3) is 10.1 Å². The molecule has 2 heterocycles. The summed E-state index contributed by atoms with van der Waals surface area (Å²) in [6, 6.07) is 8.28. The number of hydrogen-bond donors (Lipinski definition) is 2. The molecule has 3 atom stereocenters. The SMILES string of the molecule is CCO[C@H]1OC(C(=O)NC)=C[C@@H](c2csc3ccccc23)[C@H]1CCCO. The first kappa shape index (κ1) is 18.9. The molecule has 1 aliphatic rings. The van der Waals surface area contributed by atoms with Gasteiger partial charge in [-0.15, -0.1) is 11.3 Å². The van der Waals surface area contributed by atoms with Crippen LogP contribution in [0.4, 0.5) is 0 Å². The van der Waals surface area contributed by atoms with E-state index in [0.717, 1.165) is 6.42 Å². The number of benzene rings is 1. The van der Waals surface area contributed by atoms with Gasteiger partial charge in [-0.2, -0.15) is 0 Å². The van der Waals surface area contributed by atoms with Crippen LogP contribution in [-0.2, 0) is 14.3 Å². The van der Waals surface area contributed by atoms with Crippen molar-refractivity contribution in [1.82, 2.24) is 5.32 Å². The molecule has 0 fully saturated rings. The third kappa shape index (κ3) is 3.77.